The van der Waals surface area contributed by atoms with Crippen LogP contribution in [0.3, 0.4) is 0 Å². The SMILES string of the molecule is CC(C)(C)NC(=O)Nc1nc(-c2ccc(I)cc2)cs1. The second kappa shape index (κ2) is 6.09. The Bertz CT molecular complexity index is 602. The molecule has 2 amide bonds. The van der Waals surface area contributed by atoms with Gasteiger partial charge in [0, 0.05) is 20.1 Å². The summed E-state index contributed by atoms with van der Waals surface area (Å²) >= 11 is 3.68. The highest BCUT2D eigenvalue weighted by Gasteiger charge is 2.14. The van der Waals surface area contributed by atoms with Crippen molar-refractivity contribution in [1.82, 2.24) is 10.3 Å². The summed E-state index contributed by atoms with van der Waals surface area (Å²) in [5.41, 5.74) is 1.66. The molecule has 2 N–H and O–H groups in total. The molecule has 0 aliphatic carbocycles. The van der Waals surface area contributed by atoms with Crippen LogP contribution in [-0.2, 0) is 0 Å². The van der Waals surface area contributed by atoms with Gasteiger partial charge in [0.05, 0.1) is 5.69 Å². The highest BCUT2D eigenvalue weighted by Crippen LogP contribution is 2.25. The molecular formula is C14H16IN3OS. The summed E-state index contributed by atoms with van der Waals surface area (Å²) in [5, 5.41) is 8.13. The molecule has 20 heavy (non-hydrogen) atoms. The zero-order chi connectivity index (χ0) is 14.8. The summed E-state index contributed by atoms with van der Waals surface area (Å²) in [7, 11) is 0. The minimum Gasteiger partial charge on any atom is -0.333 e. The highest BCUT2D eigenvalue weighted by atomic mass is 127. The van der Waals surface area contributed by atoms with Crippen LogP contribution in [0.2, 0.25) is 0 Å². The van der Waals surface area contributed by atoms with Crippen molar-refractivity contribution in [2.75, 3.05) is 5.32 Å². The summed E-state index contributed by atoms with van der Waals surface area (Å²) in [6.45, 7) is 5.81. The minimum absolute atomic E-state index is 0.235. The average molecular weight is 401 g/mol. The fourth-order valence-electron chi connectivity index (χ4n) is 1.55. The molecule has 106 valence electrons. The van der Waals surface area contributed by atoms with Gasteiger partial charge in [0.25, 0.3) is 0 Å². The summed E-state index contributed by atoms with van der Waals surface area (Å²) in [6, 6.07) is 7.88. The summed E-state index contributed by atoms with van der Waals surface area (Å²) in [5.74, 6) is 0. The zero-order valence-electron chi connectivity index (χ0n) is 11.5. The lowest BCUT2D eigenvalue weighted by Gasteiger charge is -2.20. The minimum atomic E-state index is -0.264. The van der Waals surface area contributed by atoms with Gasteiger partial charge in [-0.1, -0.05) is 12.1 Å². The average Bonchev–Trinajstić information content (AvgIpc) is 2.75. The van der Waals surface area contributed by atoms with Crippen LogP contribution in [0.5, 0.6) is 0 Å². The molecule has 1 heterocycles. The number of nitrogens with zero attached hydrogens (tertiary/aromatic N) is 1. The van der Waals surface area contributed by atoms with E-state index in [0.717, 1.165) is 11.3 Å². The third-order valence-electron chi connectivity index (χ3n) is 2.35. The van der Waals surface area contributed by atoms with Crippen molar-refractivity contribution in [3.05, 3.63) is 33.2 Å². The Hall–Kier alpha value is -1.15. The molecule has 2 rings (SSSR count). The fraction of sp³-hybridized carbons (Fsp3) is 0.286. The second-order valence-corrected chi connectivity index (χ2v) is 7.48. The van der Waals surface area contributed by atoms with Crippen molar-refractivity contribution in [3.63, 3.8) is 0 Å². The Kier molecular flexibility index (Phi) is 4.64. The van der Waals surface area contributed by atoms with Gasteiger partial charge in [0.15, 0.2) is 5.13 Å². The standard InChI is InChI=1S/C14H16IN3OS/c1-14(2,3)18-12(19)17-13-16-11(8-20-13)9-4-6-10(15)7-5-9/h4-8H,1-3H3,(H2,16,17,18,19). The summed E-state index contributed by atoms with van der Waals surface area (Å²) < 4.78 is 1.18. The molecule has 2 aromatic rings. The molecule has 0 saturated carbocycles. The molecule has 0 atom stereocenters. The van der Waals surface area contributed by atoms with Crippen LogP contribution in [0.1, 0.15) is 20.8 Å². The lowest BCUT2D eigenvalue weighted by Crippen LogP contribution is -2.43. The van der Waals surface area contributed by atoms with Gasteiger partial charge in [-0.3, -0.25) is 5.32 Å². The molecule has 6 heteroatoms. The molecular weight excluding hydrogens is 385 g/mol. The van der Waals surface area contributed by atoms with Gasteiger partial charge >= 0.3 is 6.03 Å². The van der Waals surface area contributed by atoms with Crippen molar-refractivity contribution in [3.8, 4) is 11.3 Å². The Morgan fingerprint density at radius 2 is 1.90 bits per heavy atom. The number of carbonyl (C=O) groups is 1. The van der Waals surface area contributed by atoms with E-state index in [0.29, 0.717) is 5.13 Å². The predicted octanol–water partition coefficient (Wildman–Crippen LogP) is 4.33. The van der Waals surface area contributed by atoms with Gasteiger partial charge in [0.1, 0.15) is 0 Å². The first kappa shape index (κ1) is 15.2. The van der Waals surface area contributed by atoms with Crippen LogP contribution in [0.15, 0.2) is 29.6 Å². The quantitative estimate of drug-likeness (QED) is 0.736. The number of carbonyl (C=O) groups excluding carboxylic acids is 1. The number of anilines is 1. The van der Waals surface area contributed by atoms with Crippen LogP contribution in [0.4, 0.5) is 9.93 Å². The topological polar surface area (TPSA) is 54.0 Å². The lowest BCUT2D eigenvalue weighted by atomic mass is 10.1. The first-order chi connectivity index (χ1) is 9.33. The van der Waals surface area contributed by atoms with Gasteiger partial charge < -0.3 is 5.32 Å². The van der Waals surface area contributed by atoms with Crippen LogP contribution < -0.4 is 10.6 Å². The van der Waals surface area contributed by atoms with Crippen molar-refractivity contribution in [2.24, 2.45) is 0 Å². The van der Waals surface area contributed by atoms with E-state index in [1.54, 1.807) is 0 Å². The van der Waals surface area contributed by atoms with Crippen LogP contribution >= 0.6 is 33.9 Å². The number of thiazole rings is 1. The van der Waals surface area contributed by atoms with Crippen molar-refractivity contribution in [2.45, 2.75) is 26.3 Å². The normalized spacial score (nSPS) is 11.2. The Morgan fingerprint density at radius 1 is 1.25 bits per heavy atom. The van der Waals surface area contributed by atoms with E-state index in [4.69, 9.17) is 0 Å². The van der Waals surface area contributed by atoms with E-state index in [1.807, 2.05) is 50.4 Å². The largest absolute Gasteiger partial charge is 0.333 e. The molecule has 0 saturated heterocycles. The monoisotopic (exact) mass is 401 g/mol. The van der Waals surface area contributed by atoms with E-state index in [9.17, 15) is 4.79 Å². The molecule has 0 aliphatic rings. The number of rotatable bonds is 2. The predicted molar refractivity (Wildman–Crippen MR) is 92.2 cm³/mol. The van der Waals surface area contributed by atoms with Crippen LogP contribution in [0.25, 0.3) is 11.3 Å². The molecule has 0 fully saturated rings. The lowest BCUT2D eigenvalue weighted by molar-refractivity contribution is 0.244. The van der Waals surface area contributed by atoms with Crippen LogP contribution in [-0.4, -0.2) is 16.6 Å². The van der Waals surface area contributed by atoms with Gasteiger partial charge in [0.2, 0.25) is 0 Å². The fourth-order valence-corrected chi connectivity index (χ4v) is 2.63. The maximum absolute atomic E-state index is 11.8. The van der Waals surface area contributed by atoms with E-state index < -0.39 is 0 Å². The smallest absolute Gasteiger partial charge is 0.321 e. The zero-order valence-corrected chi connectivity index (χ0v) is 14.5. The Morgan fingerprint density at radius 3 is 2.50 bits per heavy atom. The van der Waals surface area contributed by atoms with Gasteiger partial charge in [-0.15, -0.1) is 11.3 Å². The number of aromatic nitrogens is 1. The van der Waals surface area contributed by atoms with Crippen molar-refractivity contribution >= 4 is 45.1 Å². The number of benzene rings is 1. The molecule has 1 aromatic carbocycles. The van der Waals surface area contributed by atoms with Crippen molar-refractivity contribution in [1.29, 1.82) is 0 Å². The Balaban J connectivity index is 2.06. The molecule has 0 radical (unpaired) electrons. The summed E-state index contributed by atoms with van der Waals surface area (Å²) in [4.78, 5) is 16.2. The molecule has 0 unspecified atom stereocenters. The third-order valence-corrected chi connectivity index (χ3v) is 3.83. The van der Waals surface area contributed by atoms with Crippen molar-refractivity contribution < 1.29 is 4.79 Å². The van der Waals surface area contributed by atoms with Crippen LogP contribution in [0, 0.1) is 3.57 Å². The number of urea groups is 1. The second-order valence-electron chi connectivity index (χ2n) is 5.37. The first-order valence-corrected chi connectivity index (χ1v) is 8.10. The highest BCUT2D eigenvalue weighted by molar-refractivity contribution is 14.1. The maximum atomic E-state index is 11.8. The van der Waals surface area contributed by atoms with E-state index in [1.165, 1.54) is 14.9 Å². The molecule has 4 nitrogen and oxygen atoms in total. The van der Waals surface area contributed by atoms with Gasteiger partial charge in [-0.25, -0.2) is 9.78 Å². The molecule has 0 aliphatic heterocycles. The first-order valence-electron chi connectivity index (χ1n) is 6.14. The van der Waals surface area contributed by atoms with Gasteiger partial charge in [-0.2, -0.15) is 0 Å². The van der Waals surface area contributed by atoms with E-state index in [2.05, 4.69) is 38.2 Å². The number of nitrogens with one attached hydrogen (secondary N) is 2. The van der Waals surface area contributed by atoms with E-state index in [-0.39, 0.29) is 11.6 Å². The molecule has 0 spiro atoms. The molecule has 0 bridgehead atoms. The third kappa shape index (κ3) is 4.45. The number of hydrogen-bond donors (Lipinski definition) is 2. The number of amides is 2. The summed E-state index contributed by atoms with van der Waals surface area (Å²) in [6.07, 6.45) is 0. The number of halogens is 1. The Labute approximate surface area is 136 Å². The maximum Gasteiger partial charge on any atom is 0.321 e. The van der Waals surface area contributed by atoms with Gasteiger partial charge in [-0.05, 0) is 55.5 Å². The molecule has 1 aromatic heterocycles. The van der Waals surface area contributed by atoms with E-state index >= 15 is 0 Å². The number of hydrogen-bond acceptors (Lipinski definition) is 3.